The van der Waals surface area contributed by atoms with Crippen LogP contribution in [0.4, 0.5) is 5.69 Å². The van der Waals surface area contributed by atoms with Gasteiger partial charge in [-0.15, -0.1) is 0 Å². The smallest absolute Gasteiger partial charge is 0.119 e. The van der Waals surface area contributed by atoms with Crippen LogP contribution in [0.25, 0.3) is 0 Å². The van der Waals surface area contributed by atoms with Gasteiger partial charge in [0, 0.05) is 38.4 Å². The molecule has 0 N–H and O–H groups in total. The summed E-state index contributed by atoms with van der Waals surface area (Å²) in [5, 5.41) is 0. The third-order valence-corrected chi connectivity index (χ3v) is 5.17. The molecular weight excluding hydrogens is 320 g/mol. The Hall–Kier alpha value is -2.00. The second-order valence-corrected chi connectivity index (χ2v) is 7.40. The van der Waals surface area contributed by atoms with E-state index in [1.54, 1.807) is 0 Å². The number of benzene rings is 2. The molecule has 0 amide bonds. The molecule has 0 unspecified atom stereocenters. The highest BCUT2D eigenvalue weighted by Gasteiger charge is 2.18. The Morgan fingerprint density at radius 2 is 1.65 bits per heavy atom. The summed E-state index contributed by atoms with van der Waals surface area (Å²) in [6, 6.07) is 15.4. The number of hydrogen-bond acceptors (Lipinski definition) is 3. The molecule has 1 aliphatic heterocycles. The Balaban J connectivity index is 1.50. The zero-order valence-corrected chi connectivity index (χ0v) is 16.5. The van der Waals surface area contributed by atoms with Crippen LogP contribution in [0.15, 0.2) is 42.5 Å². The Labute approximate surface area is 158 Å². The van der Waals surface area contributed by atoms with Crippen molar-refractivity contribution in [3.8, 4) is 5.75 Å². The van der Waals surface area contributed by atoms with Gasteiger partial charge in [-0.1, -0.05) is 37.6 Å². The molecule has 140 valence electrons. The number of piperazine rings is 1. The van der Waals surface area contributed by atoms with Gasteiger partial charge >= 0.3 is 0 Å². The molecule has 3 rings (SSSR count). The molecule has 0 aromatic heterocycles. The largest absolute Gasteiger partial charge is 0.494 e. The SMILES string of the molecule is CCCCOc1ccc(CN2CCN(c3cc(C)ccc3C)CC2)cc1. The van der Waals surface area contributed by atoms with Crippen LogP contribution in [0.2, 0.25) is 0 Å². The van der Waals surface area contributed by atoms with E-state index in [2.05, 4.69) is 73.0 Å². The van der Waals surface area contributed by atoms with Crippen molar-refractivity contribution >= 4 is 5.69 Å². The molecular formula is C23H32N2O. The Morgan fingerprint density at radius 1 is 0.923 bits per heavy atom. The minimum Gasteiger partial charge on any atom is -0.494 e. The molecule has 26 heavy (non-hydrogen) atoms. The number of unbranched alkanes of at least 4 members (excludes halogenated alkanes) is 1. The van der Waals surface area contributed by atoms with E-state index < -0.39 is 0 Å². The minimum atomic E-state index is 0.816. The summed E-state index contributed by atoms with van der Waals surface area (Å²) in [6.07, 6.45) is 2.29. The third kappa shape index (κ3) is 5.01. The highest BCUT2D eigenvalue weighted by atomic mass is 16.5. The first kappa shape index (κ1) is 18.8. The first-order valence-corrected chi connectivity index (χ1v) is 9.92. The third-order valence-electron chi connectivity index (χ3n) is 5.17. The summed E-state index contributed by atoms with van der Waals surface area (Å²) >= 11 is 0. The molecule has 1 fully saturated rings. The monoisotopic (exact) mass is 352 g/mol. The normalized spacial score (nSPS) is 15.3. The van der Waals surface area contributed by atoms with Crippen molar-refractivity contribution in [1.29, 1.82) is 0 Å². The highest BCUT2D eigenvalue weighted by Crippen LogP contribution is 2.23. The van der Waals surface area contributed by atoms with Gasteiger partial charge in [-0.3, -0.25) is 4.90 Å². The Morgan fingerprint density at radius 3 is 2.35 bits per heavy atom. The van der Waals surface area contributed by atoms with Crippen LogP contribution in [0, 0.1) is 13.8 Å². The van der Waals surface area contributed by atoms with Crippen molar-refractivity contribution in [3.63, 3.8) is 0 Å². The number of aryl methyl sites for hydroxylation is 2. The van der Waals surface area contributed by atoms with E-state index in [0.717, 1.165) is 51.5 Å². The van der Waals surface area contributed by atoms with Gasteiger partial charge in [-0.25, -0.2) is 0 Å². The van der Waals surface area contributed by atoms with Crippen LogP contribution in [0.5, 0.6) is 5.75 Å². The van der Waals surface area contributed by atoms with Crippen LogP contribution in [-0.2, 0) is 6.54 Å². The lowest BCUT2D eigenvalue weighted by Crippen LogP contribution is -2.46. The van der Waals surface area contributed by atoms with Gasteiger partial charge in [0.25, 0.3) is 0 Å². The number of ether oxygens (including phenoxy) is 1. The van der Waals surface area contributed by atoms with Crippen molar-refractivity contribution in [2.24, 2.45) is 0 Å². The van der Waals surface area contributed by atoms with E-state index in [9.17, 15) is 0 Å². The quantitative estimate of drug-likeness (QED) is 0.666. The van der Waals surface area contributed by atoms with Crippen LogP contribution in [-0.4, -0.2) is 37.7 Å². The van der Waals surface area contributed by atoms with E-state index in [4.69, 9.17) is 4.74 Å². The number of anilines is 1. The van der Waals surface area contributed by atoms with Gasteiger partial charge in [0.2, 0.25) is 0 Å². The number of hydrogen-bond donors (Lipinski definition) is 0. The maximum atomic E-state index is 5.75. The van der Waals surface area contributed by atoms with E-state index in [0.29, 0.717) is 0 Å². The summed E-state index contributed by atoms with van der Waals surface area (Å²) in [6.45, 7) is 12.8. The van der Waals surface area contributed by atoms with Gasteiger partial charge < -0.3 is 9.64 Å². The van der Waals surface area contributed by atoms with E-state index >= 15 is 0 Å². The first-order valence-electron chi connectivity index (χ1n) is 9.92. The van der Waals surface area contributed by atoms with Gasteiger partial charge in [0.05, 0.1) is 6.61 Å². The standard InChI is InChI=1S/C23H32N2O/c1-4-5-16-26-22-10-8-21(9-11-22)18-24-12-14-25(15-13-24)23-17-19(2)6-7-20(23)3/h6-11,17H,4-5,12-16,18H2,1-3H3. The van der Waals surface area contributed by atoms with Crippen molar-refractivity contribution in [2.75, 3.05) is 37.7 Å². The molecule has 1 aliphatic rings. The number of nitrogens with zero attached hydrogens (tertiary/aromatic N) is 2. The molecule has 3 nitrogen and oxygen atoms in total. The molecule has 0 saturated carbocycles. The fraction of sp³-hybridized carbons (Fsp3) is 0.478. The zero-order valence-electron chi connectivity index (χ0n) is 16.5. The van der Waals surface area contributed by atoms with Gasteiger partial charge in [-0.05, 0) is 55.2 Å². The lowest BCUT2D eigenvalue weighted by Gasteiger charge is -2.37. The summed E-state index contributed by atoms with van der Waals surface area (Å²) in [4.78, 5) is 5.08. The van der Waals surface area contributed by atoms with Crippen molar-refractivity contribution in [3.05, 3.63) is 59.2 Å². The molecule has 0 atom stereocenters. The predicted octanol–water partition coefficient (Wildman–Crippen LogP) is 4.80. The molecule has 0 bridgehead atoms. The summed E-state index contributed by atoms with van der Waals surface area (Å²) < 4.78 is 5.75. The average Bonchev–Trinajstić information content (AvgIpc) is 2.66. The minimum absolute atomic E-state index is 0.816. The van der Waals surface area contributed by atoms with Crippen LogP contribution >= 0.6 is 0 Å². The van der Waals surface area contributed by atoms with Gasteiger partial charge in [0.1, 0.15) is 5.75 Å². The molecule has 1 heterocycles. The molecule has 0 aliphatic carbocycles. The van der Waals surface area contributed by atoms with E-state index in [1.807, 2.05) is 0 Å². The van der Waals surface area contributed by atoms with Crippen molar-refractivity contribution in [2.45, 2.75) is 40.2 Å². The second kappa shape index (κ2) is 9.09. The van der Waals surface area contributed by atoms with Gasteiger partial charge in [-0.2, -0.15) is 0 Å². The van der Waals surface area contributed by atoms with E-state index in [-0.39, 0.29) is 0 Å². The van der Waals surface area contributed by atoms with Crippen LogP contribution in [0.1, 0.15) is 36.5 Å². The molecule has 1 saturated heterocycles. The fourth-order valence-corrected chi connectivity index (χ4v) is 3.49. The van der Waals surface area contributed by atoms with E-state index in [1.165, 1.54) is 28.8 Å². The topological polar surface area (TPSA) is 15.7 Å². The Kier molecular flexibility index (Phi) is 6.56. The molecule has 0 spiro atoms. The highest BCUT2D eigenvalue weighted by molar-refractivity contribution is 5.55. The van der Waals surface area contributed by atoms with Gasteiger partial charge in [0.15, 0.2) is 0 Å². The average molecular weight is 353 g/mol. The molecule has 0 radical (unpaired) electrons. The molecule has 3 heteroatoms. The van der Waals surface area contributed by atoms with Crippen molar-refractivity contribution in [1.82, 2.24) is 4.90 Å². The summed E-state index contributed by atoms with van der Waals surface area (Å²) in [5.74, 6) is 0.988. The lowest BCUT2D eigenvalue weighted by molar-refractivity contribution is 0.249. The predicted molar refractivity (Wildman–Crippen MR) is 110 cm³/mol. The summed E-state index contributed by atoms with van der Waals surface area (Å²) in [5.41, 5.74) is 5.49. The van der Waals surface area contributed by atoms with Crippen LogP contribution in [0.3, 0.4) is 0 Å². The van der Waals surface area contributed by atoms with Crippen molar-refractivity contribution < 1.29 is 4.74 Å². The maximum Gasteiger partial charge on any atom is 0.119 e. The Bertz CT molecular complexity index is 688. The fourth-order valence-electron chi connectivity index (χ4n) is 3.49. The zero-order chi connectivity index (χ0) is 18.4. The van der Waals surface area contributed by atoms with Crippen LogP contribution < -0.4 is 9.64 Å². The summed E-state index contributed by atoms with van der Waals surface area (Å²) in [7, 11) is 0. The molecule has 2 aromatic rings. The first-order chi connectivity index (χ1) is 12.7. The second-order valence-electron chi connectivity index (χ2n) is 7.40. The number of rotatable bonds is 7. The maximum absolute atomic E-state index is 5.75. The molecule has 2 aromatic carbocycles. The lowest BCUT2D eigenvalue weighted by atomic mass is 10.1.